The minimum atomic E-state index is -0.0754. The molecule has 0 bridgehead atoms. The first-order chi connectivity index (χ1) is 11.3. The summed E-state index contributed by atoms with van der Waals surface area (Å²) in [7, 11) is 0. The van der Waals surface area contributed by atoms with Gasteiger partial charge in [0.1, 0.15) is 4.88 Å². The zero-order valence-corrected chi connectivity index (χ0v) is 13.8. The van der Waals surface area contributed by atoms with Crippen molar-refractivity contribution < 1.29 is 9.32 Å². The highest BCUT2D eigenvalue weighted by Crippen LogP contribution is 2.38. The van der Waals surface area contributed by atoms with Gasteiger partial charge >= 0.3 is 0 Å². The molecule has 4 rings (SSSR count). The summed E-state index contributed by atoms with van der Waals surface area (Å²) in [6.07, 6.45) is 9.12. The minimum absolute atomic E-state index is 0.0754. The SMILES string of the molecule is O=C(c1scnc1C1CCCC1)N1CCCC[C@@H]1c1ncon1. The van der Waals surface area contributed by atoms with E-state index in [2.05, 4.69) is 15.1 Å². The van der Waals surface area contributed by atoms with Crippen LogP contribution in [0.3, 0.4) is 0 Å². The van der Waals surface area contributed by atoms with Crippen molar-refractivity contribution in [2.45, 2.75) is 56.9 Å². The molecule has 1 aliphatic heterocycles. The second-order valence-corrected chi connectivity index (χ2v) is 7.20. The summed E-state index contributed by atoms with van der Waals surface area (Å²) in [5.41, 5.74) is 2.82. The number of aromatic nitrogens is 3. The summed E-state index contributed by atoms with van der Waals surface area (Å²) in [5.74, 6) is 1.16. The second-order valence-electron chi connectivity index (χ2n) is 6.35. The van der Waals surface area contributed by atoms with Crippen LogP contribution < -0.4 is 0 Å². The van der Waals surface area contributed by atoms with E-state index >= 15 is 0 Å². The Hall–Kier alpha value is -1.76. The predicted molar refractivity (Wildman–Crippen MR) is 85.2 cm³/mol. The highest BCUT2D eigenvalue weighted by molar-refractivity contribution is 7.11. The topological polar surface area (TPSA) is 72.1 Å². The molecule has 1 amide bonds. The molecule has 122 valence electrons. The van der Waals surface area contributed by atoms with E-state index < -0.39 is 0 Å². The fourth-order valence-electron chi connectivity index (χ4n) is 3.80. The lowest BCUT2D eigenvalue weighted by Gasteiger charge is -2.33. The summed E-state index contributed by atoms with van der Waals surface area (Å²) in [4.78, 5) is 24.6. The zero-order chi connectivity index (χ0) is 15.6. The van der Waals surface area contributed by atoms with Gasteiger partial charge in [-0.2, -0.15) is 4.98 Å². The average molecular weight is 332 g/mol. The Morgan fingerprint density at radius 1 is 1.17 bits per heavy atom. The Bertz CT molecular complexity index is 663. The lowest BCUT2D eigenvalue weighted by molar-refractivity contribution is 0.0600. The van der Waals surface area contributed by atoms with E-state index in [1.165, 1.54) is 30.6 Å². The minimum Gasteiger partial charge on any atom is -0.343 e. The molecule has 6 nitrogen and oxygen atoms in total. The maximum Gasteiger partial charge on any atom is 0.266 e. The van der Waals surface area contributed by atoms with Crippen LogP contribution >= 0.6 is 11.3 Å². The molecule has 1 saturated heterocycles. The van der Waals surface area contributed by atoms with Gasteiger partial charge in [-0.15, -0.1) is 11.3 Å². The fraction of sp³-hybridized carbons (Fsp3) is 0.625. The molecule has 1 aliphatic carbocycles. The molecule has 2 aliphatic rings. The summed E-state index contributed by atoms with van der Waals surface area (Å²) >= 11 is 1.47. The van der Waals surface area contributed by atoms with Crippen LogP contribution in [0.4, 0.5) is 0 Å². The smallest absolute Gasteiger partial charge is 0.266 e. The number of amides is 1. The summed E-state index contributed by atoms with van der Waals surface area (Å²) < 4.78 is 4.88. The predicted octanol–water partition coefficient (Wildman–Crippen LogP) is 3.55. The van der Waals surface area contributed by atoms with Crippen LogP contribution in [0.25, 0.3) is 0 Å². The van der Waals surface area contributed by atoms with E-state index in [9.17, 15) is 4.79 Å². The first-order valence-corrected chi connectivity index (χ1v) is 9.23. The standard InChI is InChI=1S/C16H20N4O2S/c21-16(14-13(18-10-23-14)11-5-1-2-6-11)20-8-4-3-7-12(20)15-17-9-22-19-15/h9-12H,1-8H2/t12-/m1/s1. The van der Waals surface area contributed by atoms with E-state index in [0.29, 0.717) is 11.7 Å². The number of hydrogen-bond acceptors (Lipinski definition) is 6. The molecule has 7 heteroatoms. The number of carbonyl (C=O) groups is 1. The molecule has 1 saturated carbocycles. The fourth-order valence-corrected chi connectivity index (χ4v) is 4.63. The molecule has 1 atom stereocenters. The third-order valence-corrected chi connectivity index (χ3v) is 5.80. The van der Waals surface area contributed by atoms with Crippen molar-refractivity contribution in [3.05, 3.63) is 28.3 Å². The molecular formula is C16H20N4O2S. The Kier molecular flexibility index (Phi) is 4.11. The van der Waals surface area contributed by atoms with Crippen molar-refractivity contribution in [3.8, 4) is 0 Å². The van der Waals surface area contributed by atoms with Gasteiger partial charge in [0.05, 0.1) is 17.2 Å². The average Bonchev–Trinajstić information content (AvgIpc) is 3.35. The van der Waals surface area contributed by atoms with Gasteiger partial charge in [-0.05, 0) is 32.1 Å². The summed E-state index contributed by atoms with van der Waals surface area (Å²) in [5, 5.41) is 3.96. The number of rotatable bonds is 3. The molecule has 0 unspecified atom stereocenters. The van der Waals surface area contributed by atoms with Crippen molar-refractivity contribution in [1.29, 1.82) is 0 Å². The van der Waals surface area contributed by atoms with Crippen molar-refractivity contribution in [2.24, 2.45) is 0 Å². The lowest BCUT2D eigenvalue weighted by Crippen LogP contribution is -2.39. The number of likely N-dealkylation sites (tertiary alicyclic amines) is 1. The first-order valence-electron chi connectivity index (χ1n) is 8.35. The molecular weight excluding hydrogens is 312 g/mol. The van der Waals surface area contributed by atoms with Gasteiger partial charge in [0.2, 0.25) is 6.39 Å². The van der Waals surface area contributed by atoms with Crippen molar-refractivity contribution in [3.63, 3.8) is 0 Å². The van der Waals surface area contributed by atoms with Gasteiger partial charge in [-0.1, -0.05) is 18.0 Å². The van der Waals surface area contributed by atoms with Gasteiger partial charge in [0, 0.05) is 12.5 Å². The van der Waals surface area contributed by atoms with E-state index in [-0.39, 0.29) is 11.9 Å². The molecule has 2 aromatic heterocycles. The lowest BCUT2D eigenvalue weighted by atomic mass is 9.99. The monoisotopic (exact) mass is 332 g/mol. The van der Waals surface area contributed by atoms with Crippen LogP contribution in [-0.2, 0) is 0 Å². The summed E-state index contributed by atoms with van der Waals surface area (Å²) in [6, 6.07) is -0.0754. The molecule has 0 N–H and O–H groups in total. The van der Waals surface area contributed by atoms with Crippen molar-refractivity contribution in [2.75, 3.05) is 6.54 Å². The second kappa shape index (κ2) is 6.39. The summed E-state index contributed by atoms with van der Waals surface area (Å²) in [6.45, 7) is 0.750. The molecule has 0 spiro atoms. The highest BCUT2D eigenvalue weighted by Gasteiger charge is 2.34. The van der Waals surface area contributed by atoms with E-state index in [0.717, 1.165) is 49.2 Å². The van der Waals surface area contributed by atoms with E-state index in [1.54, 1.807) is 0 Å². The molecule has 2 fully saturated rings. The highest BCUT2D eigenvalue weighted by atomic mass is 32.1. The largest absolute Gasteiger partial charge is 0.343 e. The Labute approximate surface area is 138 Å². The zero-order valence-electron chi connectivity index (χ0n) is 13.0. The Balaban J connectivity index is 1.61. The maximum atomic E-state index is 13.2. The first kappa shape index (κ1) is 14.8. The number of thiazole rings is 1. The van der Waals surface area contributed by atoms with Crippen molar-refractivity contribution in [1.82, 2.24) is 20.0 Å². The van der Waals surface area contributed by atoms with Crippen LogP contribution in [0.5, 0.6) is 0 Å². The number of piperidine rings is 1. The molecule has 23 heavy (non-hydrogen) atoms. The van der Waals surface area contributed by atoms with Crippen LogP contribution in [0.1, 0.15) is 78.1 Å². The third-order valence-electron chi connectivity index (χ3n) is 4.97. The quantitative estimate of drug-likeness (QED) is 0.859. The van der Waals surface area contributed by atoms with E-state index in [4.69, 9.17) is 4.52 Å². The van der Waals surface area contributed by atoms with E-state index in [1.807, 2.05) is 10.4 Å². The van der Waals surface area contributed by atoms with Crippen LogP contribution in [0.2, 0.25) is 0 Å². The van der Waals surface area contributed by atoms with Gasteiger partial charge < -0.3 is 9.42 Å². The van der Waals surface area contributed by atoms with Crippen LogP contribution in [0, 0.1) is 0 Å². The number of nitrogens with zero attached hydrogens (tertiary/aromatic N) is 4. The van der Waals surface area contributed by atoms with Crippen LogP contribution in [-0.4, -0.2) is 32.5 Å². The van der Waals surface area contributed by atoms with Crippen molar-refractivity contribution >= 4 is 17.2 Å². The molecule has 0 aromatic carbocycles. The third kappa shape index (κ3) is 2.78. The normalized spacial score (nSPS) is 22.6. The Morgan fingerprint density at radius 3 is 2.78 bits per heavy atom. The molecule has 3 heterocycles. The van der Waals surface area contributed by atoms with Gasteiger partial charge in [0.25, 0.3) is 5.91 Å². The Morgan fingerprint density at radius 2 is 2.00 bits per heavy atom. The van der Waals surface area contributed by atoms with Crippen LogP contribution in [0.15, 0.2) is 16.4 Å². The number of carbonyl (C=O) groups excluding carboxylic acids is 1. The van der Waals surface area contributed by atoms with Gasteiger partial charge in [-0.25, -0.2) is 4.98 Å². The number of hydrogen-bond donors (Lipinski definition) is 0. The molecule has 2 aromatic rings. The van der Waals surface area contributed by atoms with Gasteiger partial charge in [0.15, 0.2) is 5.82 Å². The maximum absolute atomic E-state index is 13.2. The van der Waals surface area contributed by atoms with Gasteiger partial charge in [-0.3, -0.25) is 4.79 Å². The molecule has 0 radical (unpaired) electrons.